The van der Waals surface area contributed by atoms with Crippen molar-refractivity contribution in [3.05, 3.63) is 23.0 Å². The van der Waals surface area contributed by atoms with E-state index in [0.717, 1.165) is 13.0 Å². The third-order valence-corrected chi connectivity index (χ3v) is 3.19. The number of nitriles is 1. The Morgan fingerprint density at radius 1 is 1.33 bits per heavy atom. The zero-order valence-electron chi connectivity index (χ0n) is 10.4. The number of hydrogen-bond acceptors (Lipinski definition) is 1. The lowest BCUT2D eigenvalue weighted by Gasteiger charge is -2.16. The van der Waals surface area contributed by atoms with Crippen LogP contribution in [0.2, 0.25) is 0 Å². The van der Waals surface area contributed by atoms with E-state index in [2.05, 4.69) is 37.6 Å². The van der Waals surface area contributed by atoms with Crippen molar-refractivity contribution in [3.8, 4) is 6.07 Å². The quantitative estimate of drug-likeness (QED) is 0.742. The van der Waals surface area contributed by atoms with Crippen LogP contribution in [-0.2, 0) is 6.54 Å². The summed E-state index contributed by atoms with van der Waals surface area (Å²) in [4.78, 5) is 0. The van der Waals surface area contributed by atoms with Gasteiger partial charge < -0.3 is 4.57 Å². The molecule has 0 aliphatic heterocycles. The van der Waals surface area contributed by atoms with Crippen LogP contribution in [-0.4, -0.2) is 4.57 Å². The van der Waals surface area contributed by atoms with E-state index in [1.807, 2.05) is 13.8 Å². The van der Waals surface area contributed by atoms with Gasteiger partial charge in [0.1, 0.15) is 0 Å². The van der Waals surface area contributed by atoms with E-state index >= 15 is 0 Å². The number of aryl methyl sites for hydroxylation is 2. The third kappa shape index (κ3) is 2.62. The van der Waals surface area contributed by atoms with Gasteiger partial charge in [-0.15, -0.1) is 0 Å². The molecule has 1 rings (SSSR count). The minimum Gasteiger partial charge on any atom is -0.351 e. The molecule has 2 heteroatoms. The molecule has 0 spiro atoms. The van der Waals surface area contributed by atoms with Crippen LogP contribution in [0.3, 0.4) is 0 Å². The highest BCUT2D eigenvalue weighted by Crippen LogP contribution is 2.22. The Morgan fingerprint density at radius 3 is 2.33 bits per heavy atom. The van der Waals surface area contributed by atoms with Crippen LogP contribution in [0.25, 0.3) is 0 Å². The molecule has 1 heterocycles. The molecule has 0 amide bonds. The van der Waals surface area contributed by atoms with Gasteiger partial charge in [0.15, 0.2) is 0 Å². The fraction of sp³-hybridized carbons (Fsp3) is 0.615. The summed E-state index contributed by atoms with van der Waals surface area (Å²) in [6, 6.07) is 2.34. The SMILES string of the molecule is Cc1cn(CCC(C)(C)C#N)c(C)c1C. The third-order valence-electron chi connectivity index (χ3n) is 3.19. The maximum atomic E-state index is 8.94. The average molecular weight is 204 g/mol. The first-order valence-corrected chi connectivity index (χ1v) is 5.41. The van der Waals surface area contributed by atoms with Crippen LogP contribution in [0.1, 0.15) is 37.1 Å². The molecule has 2 nitrogen and oxygen atoms in total. The van der Waals surface area contributed by atoms with Gasteiger partial charge in [0.05, 0.1) is 11.5 Å². The summed E-state index contributed by atoms with van der Waals surface area (Å²) < 4.78 is 2.25. The second kappa shape index (κ2) is 4.10. The van der Waals surface area contributed by atoms with Crippen LogP contribution in [0.5, 0.6) is 0 Å². The summed E-state index contributed by atoms with van der Waals surface area (Å²) in [5, 5.41) is 8.94. The summed E-state index contributed by atoms with van der Waals surface area (Å²) in [7, 11) is 0. The van der Waals surface area contributed by atoms with Gasteiger partial charge in [0.25, 0.3) is 0 Å². The van der Waals surface area contributed by atoms with E-state index in [4.69, 9.17) is 5.26 Å². The lowest BCUT2D eigenvalue weighted by Crippen LogP contribution is -2.12. The zero-order chi connectivity index (χ0) is 11.6. The minimum atomic E-state index is -0.224. The molecule has 0 radical (unpaired) electrons. The number of rotatable bonds is 3. The Kier molecular flexibility index (Phi) is 3.24. The van der Waals surface area contributed by atoms with E-state index in [9.17, 15) is 0 Å². The molecule has 0 saturated heterocycles. The molecule has 0 saturated carbocycles. The van der Waals surface area contributed by atoms with E-state index in [-0.39, 0.29) is 5.41 Å². The lowest BCUT2D eigenvalue weighted by molar-refractivity contribution is 0.411. The van der Waals surface area contributed by atoms with E-state index < -0.39 is 0 Å². The van der Waals surface area contributed by atoms with Gasteiger partial charge in [-0.1, -0.05) is 0 Å². The Labute approximate surface area is 92.5 Å². The maximum absolute atomic E-state index is 8.94. The van der Waals surface area contributed by atoms with Gasteiger partial charge in [-0.05, 0) is 52.2 Å². The highest BCUT2D eigenvalue weighted by atomic mass is 15.0. The monoisotopic (exact) mass is 204 g/mol. The van der Waals surface area contributed by atoms with Gasteiger partial charge >= 0.3 is 0 Å². The topological polar surface area (TPSA) is 28.7 Å². The fourth-order valence-corrected chi connectivity index (χ4v) is 1.62. The molecule has 15 heavy (non-hydrogen) atoms. The molecular formula is C13H20N2. The van der Waals surface area contributed by atoms with Gasteiger partial charge in [-0.25, -0.2) is 0 Å². The molecule has 0 bridgehead atoms. The second-order valence-electron chi connectivity index (χ2n) is 4.96. The van der Waals surface area contributed by atoms with Crippen LogP contribution in [0.15, 0.2) is 6.20 Å². The normalized spacial score (nSPS) is 11.5. The zero-order valence-corrected chi connectivity index (χ0v) is 10.4. The van der Waals surface area contributed by atoms with Gasteiger partial charge in [0, 0.05) is 18.4 Å². The van der Waals surface area contributed by atoms with E-state index in [0.29, 0.717) is 0 Å². The van der Waals surface area contributed by atoms with Crippen molar-refractivity contribution in [2.45, 2.75) is 47.6 Å². The van der Waals surface area contributed by atoms with Crippen LogP contribution in [0, 0.1) is 37.5 Å². The number of aromatic nitrogens is 1. The molecule has 0 aromatic carbocycles. The Balaban J connectivity index is 2.75. The molecule has 0 unspecified atom stereocenters. The number of nitrogens with zero attached hydrogens (tertiary/aromatic N) is 2. The highest BCUT2D eigenvalue weighted by molar-refractivity contribution is 5.28. The molecule has 0 aliphatic carbocycles. The number of hydrogen-bond donors (Lipinski definition) is 0. The molecular weight excluding hydrogens is 184 g/mol. The highest BCUT2D eigenvalue weighted by Gasteiger charge is 2.17. The molecule has 1 aromatic rings. The largest absolute Gasteiger partial charge is 0.351 e. The van der Waals surface area contributed by atoms with Crippen molar-refractivity contribution in [3.63, 3.8) is 0 Å². The van der Waals surface area contributed by atoms with Gasteiger partial charge in [-0.2, -0.15) is 5.26 Å². The van der Waals surface area contributed by atoms with Crippen molar-refractivity contribution in [1.82, 2.24) is 4.57 Å². The molecule has 82 valence electrons. The molecule has 0 atom stereocenters. The molecule has 0 aliphatic rings. The average Bonchev–Trinajstić information content (AvgIpc) is 2.43. The summed E-state index contributed by atoms with van der Waals surface area (Å²) in [5.74, 6) is 0. The standard InChI is InChI=1S/C13H20N2/c1-10-8-15(12(3)11(10)2)7-6-13(4,5)9-14/h8H,6-7H2,1-5H3. The smallest absolute Gasteiger partial charge is 0.0684 e. The van der Waals surface area contributed by atoms with Crippen LogP contribution >= 0.6 is 0 Å². The van der Waals surface area contributed by atoms with E-state index in [1.165, 1.54) is 16.8 Å². The van der Waals surface area contributed by atoms with Crippen molar-refractivity contribution < 1.29 is 0 Å². The van der Waals surface area contributed by atoms with Crippen LogP contribution in [0.4, 0.5) is 0 Å². The van der Waals surface area contributed by atoms with Crippen molar-refractivity contribution in [1.29, 1.82) is 5.26 Å². The predicted molar refractivity (Wildman–Crippen MR) is 62.7 cm³/mol. The summed E-state index contributed by atoms with van der Waals surface area (Å²) in [6.45, 7) is 11.3. The van der Waals surface area contributed by atoms with Gasteiger partial charge in [0.2, 0.25) is 0 Å². The summed E-state index contributed by atoms with van der Waals surface area (Å²) in [5.41, 5.74) is 3.80. The van der Waals surface area contributed by atoms with Crippen LogP contribution < -0.4 is 0 Å². The van der Waals surface area contributed by atoms with Gasteiger partial charge in [-0.3, -0.25) is 0 Å². The van der Waals surface area contributed by atoms with Crippen molar-refractivity contribution in [2.24, 2.45) is 5.41 Å². The molecule has 1 aromatic heterocycles. The summed E-state index contributed by atoms with van der Waals surface area (Å²) >= 11 is 0. The molecule has 0 N–H and O–H groups in total. The predicted octanol–water partition coefficient (Wildman–Crippen LogP) is 3.35. The Bertz CT molecular complexity index is 391. The first-order chi connectivity index (χ1) is 6.87. The van der Waals surface area contributed by atoms with E-state index in [1.54, 1.807) is 0 Å². The summed E-state index contributed by atoms with van der Waals surface area (Å²) in [6.07, 6.45) is 3.08. The lowest BCUT2D eigenvalue weighted by atomic mass is 9.91. The molecule has 0 fully saturated rings. The second-order valence-corrected chi connectivity index (χ2v) is 4.96. The first-order valence-electron chi connectivity index (χ1n) is 5.41. The first kappa shape index (κ1) is 11.8. The van der Waals surface area contributed by atoms with Crippen molar-refractivity contribution >= 4 is 0 Å². The minimum absolute atomic E-state index is 0.224. The Morgan fingerprint density at radius 2 is 1.93 bits per heavy atom. The Hall–Kier alpha value is -1.23. The fourth-order valence-electron chi connectivity index (χ4n) is 1.62. The van der Waals surface area contributed by atoms with Crippen molar-refractivity contribution in [2.75, 3.05) is 0 Å². The maximum Gasteiger partial charge on any atom is 0.0684 e.